The fraction of sp³-hybridized carbons (Fsp3) is 0.429. The Kier molecular flexibility index (Phi) is 4.70. The molecule has 0 aliphatic rings. The smallest absolute Gasteiger partial charge is 0.337 e. The molecule has 0 aliphatic heterocycles. The molecule has 1 rings (SSSR count). The molecule has 5 nitrogen and oxygen atoms in total. The minimum absolute atomic E-state index is 0.0738. The molecule has 0 saturated heterocycles. The van der Waals surface area contributed by atoms with E-state index in [9.17, 15) is 14.0 Å². The summed E-state index contributed by atoms with van der Waals surface area (Å²) in [6.07, 6.45) is 0. The normalized spacial score (nSPS) is 11.1. The van der Waals surface area contributed by atoms with E-state index in [1.165, 1.54) is 11.0 Å². The van der Waals surface area contributed by atoms with Crippen molar-refractivity contribution < 1.29 is 19.1 Å². The molecule has 20 heavy (non-hydrogen) atoms. The Labute approximate surface area is 117 Å². The van der Waals surface area contributed by atoms with Gasteiger partial charge in [0, 0.05) is 13.6 Å². The maximum Gasteiger partial charge on any atom is 0.337 e. The highest BCUT2D eigenvalue weighted by Crippen LogP contribution is 2.19. The molecule has 2 N–H and O–H groups in total. The third-order valence-electron chi connectivity index (χ3n) is 2.51. The summed E-state index contributed by atoms with van der Waals surface area (Å²) in [6, 6.07) is 2.78. The predicted octanol–water partition coefficient (Wildman–Crippen LogP) is 3.03. The number of carboxylic acid groups (broad SMARTS) is 1. The zero-order chi connectivity index (χ0) is 15.5. The lowest BCUT2D eigenvalue weighted by molar-refractivity contribution is 0.0697. The van der Waals surface area contributed by atoms with Gasteiger partial charge in [-0.2, -0.15) is 0 Å². The van der Waals surface area contributed by atoms with E-state index in [1.807, 2.05) is 20.8 Å². The molecule has 2 amide bonds. The lowest BCUT2D eigenvalue weighted by atomic mass is 9.96. The van der Waals surface area contributed by atoms with Gasteiger partial charge in [0.15, 0.2) is 0 Å². The number of urea groups is 1. The molecule has 0 bridgehead atoms. The van der Waals surface area contributed by atoms with Crippen molar-refractivity contribution in [1.29, 1.82) is 0 Å². The quantitative estimate of drug-likeness (QED) is 0.895. The molecule has 1 aromatic rings. The lowest BCUT2D eigenvalue weighted by Crippen LogP contribution is -2.37. The Bertz CT molecular complexity index is 524. The molecule has 0 spiro atoms. The number of carbonyl (C=O) groups is 2. The largest absolute Gasteiger partial charge is 0.478 e. The third-order valence-corrected chi connectivity index (χ3v) is 2.51. The molecular weight excluding hydrogens is 263 g/mol. The van der Waals surface area contributed by atoms with Crippen LogP contribution in [-0.2, 0) is 0 Å². The second kappa shape index (κ2) is 5.90. The SMILES string of the molecule is CN(CC(C)(C)C)C(=O)Nc1ccc(F)cc1C(=O)O. The number of benzene rings is 1. The molecule has 0 atom stereocenters. The molecular formula is C14H19FN2O3. The molecule has 0 fully saturated rings. The first kappa shape index (κ1) is 15.9. The summed E-state index contributed by atoms with van der Waals surface area (Å²) in [5, 5.41) is 11.5. The van der Waals surface area contributed by atoms with Crippen LogP contribution in [0.5, 0.6) is 0 Å². The van der Waals surface area contributed by atoms with E-state index in [0.717, 1.165) is 12.1 Å². The van der Waals surface area contributed by atoms with E-state index in [4.69, 9.17) is 5.11 Å². The second-order valence-electron chi connectivity index (χ2n) is 5.84. The van der Waals surface area contributed by atoms with Crippen LogP contribution in [0.15, 0.2) is 18.2 Å². The average Bonchev–Trinajstić information content (AvgIpc) is 2.28. The van der Waals surface area contributed by atoms with Gasteiger partial charge in [0.1, 0.15) is 5.82 Å². The number of rotatable bonds is 3. The summed E-state index contributed by atoms with van der Waals surface area (Å²) in [7, 11) is 1.62. The van der Waals surface area contributed by atoms with E-state index in [-0.39, 0.29) is 16.7 Å². The van der Waals surface area contributed by atoms with Gasteiger partial charge in [0.2, 0.25) is 0 Å². The Hall–Kier alpha value is -2.11. The number of carboxylic acids is 1. The molecule has 0 aromatic heterocycles. The van der Waals surface area contributed by atoms with Crippen LogP contribution in [0.3, 0.4) is 0 Å². The van der Waals surface area contributed by atoms with Crippen molar-refractivity contribution in [3.8, 4) is 0 Å². The topological polar surface area (TPSA) is 69.6 Å². The number of anilines is 1. The second-order valence-corrected chi connectivity index (χ2v) is 5.84. The number of halogens is 1. The van der Waals surface area contributed by atoms with Gasteiger partial charge in [0.05, 0.1) is 11.3 Å². The fourth-order valence-electron chi connectivity index (χ4n) is 1.80. The summed E-state index contributed by atoms with van der Waals surface area (Å²) >= 11 is 0. The van der Waals surface area contributed by atoms with Gasteiger partial charge >= 0.3 is 12.0 Å². The summed E-state index contributed by atoms with van der Waals surface area (Å²) < 4.78 is 13.0. The highest BCUT2D eigenvalue weighted by molar-refractivity contribution is 5.99. The first-order valence-corrected chi connectivity index (χ1v) is 6.15. The number of amides is 2. The highest BCUT2D eigenvalue weighted by Gasteiger charge is 2.19. The summed E-state index contributed by atoms with van der Waals surface area (Å²) in [5.41, 5.74) is -0.281. The molecule has 110 valence electrons. The van der Waals surface area contributed by atoms with Crippen molar-refractivity contribution in [2.24, 2.45) is 5.41 Å². The van der Waals surface area contributed by atoms with Crippen LogP contribution in [-0.4, -0.2) is 35.6 Å². The fourth-order valence-corrected chi connectivity index (χ4v) is 1.80. The van der Waals surface area contributed by atoms with Gasteiger partial charge in [-0.25, -0.2) is 14.0 Å². The summed E-state index contributed by atoms with van der Waals surface area (Å²) in [6.45, 7) is 6.45. The maximum absolute atomic E-state index is 13.0. The van der Waals surface area contributed by atoms with Crippen molar-refractivity contribution in [2.45, 2.75) is 20.8 Å². The molecule has 6 heteroatoms. The molecule has 0 heterocycles. The van der Waals surface area contributed by atoms with E-state index >= 15 is 0 Å². The van der Waals surface area contributed by atoms with Gasteiger partial charge in [-0.1, -0.05) is 20.8 Å². The Balaban J connectivity index is 2.88. The highest BCUT2D eigenvalue weighted by atomic mass is 19.1. The lowest BCUT2D eigenvalue weighted by Gasteiger charge is -2.26. The van der Waals surface area contributed by atoms with E-state index < -0.39 is 17.8 Å². The minimum atomic E-state index is -1.29. The van der Waals surface area contributed by atoms with E-state index in [2.05, 4.69) is 5.32 Å². The number of aromatic carboxylic acids is 1. The van der Waals surface area contributed by atoms with E-state index in [1.54, 1.807) is 7.05 Å². The first-order chi connectivity index (χ1) is 9.10. The van der Waals surface area contributed by atoms with Crippen LogP contribution >= 0.6 is 0 Å². The van der Waals surface area contributed by atoms with Gasteiger partial charge in [0.25, 0.3) is 0 Å². The molecule has 1 aromatic carbocycles. The van der Waals surface area contributed by atoms with Crippen molar-refractivity contribution >= 4 is 17.7 Å². The van der Waals surface area contributed by atoms with Gasteiger partial charge in [-0.3, -0.25) is 0 Å². The summed E-state index contributed by atoms with van der Waals surface area (Å²) in [4.78, 5) is 24.5. The number of nitrogens with zero attached hydrogens (tertiary/aromatic N) is 1. The van der Waals surface area contributed by atoms with Crippen molar-refractivity contribution in [3.05, 3.63) is 29.6 Å². The van der Waals surface area contributed by atoms with Gasteiger partial charge < -0.3 is 15.3 Å². The van der Waals surface area contributed by atoms with Crippen LogP contribution in [0.1, 0.15) is 31.1 Å². The molecule has 0 radical (unpaired) electrons. The molecule has 0 aliphatic carbocycles. The molecule has 0 unspecified atom stereocenters. The monoisotopic (exact) mass is 282 g/mol. The first-order valence-electron chi connectivity index (χ1n) is 6.15. The Morgan fingerprint density at radius 1 is 1.35 bits per heavy atom. The standard InChI is InChI=1S/C14H19FN2O3/c1-14(2,3)8-17(4)13(20)16-11-6-5-9(15)7-10(11)12(18)19/h5-7H,8H2,1-4H3,(H,16,20)(H,18,19). The van der Waals surface area contributed by atoms with Crippen LogP contribution in [0.2, 0.25) is 0 Å². The van der Waals surface area contributed by atoms with Crippen molar-refractivity contribution in [2.75, 3.05) is 18.9 Å². The van der Waals surface area contributed by atoms with Gasteiger partial charge in [-0.15, -0.1) is 0 Å². The van der Waals surface area contributed by atoms with Crippen LogP contribution in [0, 0.1) is 11.2 Å². The summed E-state index contributed by atoms with van der Waals surface area (Å²) in [5.74, 6) is -1.96. The Morgan fingerprint density at radius 3 is 2.45 bits per heavy atom. The average molecular weight is 282 g/mol. The number of carbonyl (C=O) groups excluding carboxylic acids is 1. The predicted molar refractivity (Wildman–Crippen MR) is 74.5 cm³/mol. The van der Waals surface area contributed by atoms with Crippen molar-refractivity contribution in [3.63, 3.8) is 0 Å². The van der Waals surface area contributed by atoms with Crippen LogP contribution in [0.25, 0.3) is 0 Å². The van der Waals surface area contributed by atoms with E-state index in [0.29, 0.717) is 6.54 Å². The zero-order valence-corrected chi connectivity index (χ0v) is 12.0. The third kappa shape index (κ3) is 4.53. The minimum Gasteiger partial charge on any atom is -0.478 e. The molecule has 0 saturated carbocycles. The van der Waals surface area contributed by atoms with Crippen molar-refractivity contribution in [1.82, 2.24) is 4.90 Å². The number of nitrogens with one attached hydrogen (secondary N) is 1. The number of hydrogen-bond acceptors (Lipinski definition) is 2. The van der Waals surface area contributed by atoms with Crippen LogP contribution < -0.4 is 5.32 Å². The number of hydrogen-bond donors (Lipinski definition) is 2. The Morgan fingerprint density at radius 2 is 1.95 bits per heavy atom. The van der Waals surface area contributed by atoms with Crippen LogP contribution in [0.4, 0.5) is 14.9 Å². The zero-order valence-electron chi connectivity index (χ0n) is 12.0. The van der Waals surface area contributed by atoms with Gasteiger partial charge in [-0.05, 0) is 23.6 Å². The maximum atomic E-state index is 13.0.